The van der Waals surface area contributed by atoms with E-state index in [1.807, 2.05) is 48.5 Å². The van der Waals surface area contributed by atoms with Crippen molar-refractivity contribution in [2.75, 3.05) is 6.61 Å². The lowest BCUT2D eigenvalue weighted by atomic mass is 10.00. The van der Waals surface area contributed by atoms with E-state index in [2.05, 4.69) is 4.98 Å². The van der Waals surface area contributed by atoms with E-state index in [-0.39, 0.29) is 5.78 Å². The van der Waals surface area contributed by atoms with Crippen LogP contribution in [0.1, 0.15) is 21.6 Å². The summed E-state index contributed by atoms with van der Waals surface area (Å²) in [5.74, 6) is 0.846. The number of pyridine rings is 1. The maximum absolute atomic E-state index is 12.8. The van der Waals surface area contributed by atoms with Gasteiger partial charge in [-0.25, -0.2) is 0 Å². The number of aromatic nitrogens is 1. The number of ether oxygens (including phenoxy) is 1. The van der Waals surface area contributed by atoms with Crippen LogP contribution in [0.5, 0.6) is 5.75 Å². The second kappa shape index (κ2) is 4.70. The lowest BCUT2D eigenvalue weighted by molar-refractivity contribution is 0.103. The largest absolute Gasteiger partial charge is 0.493 e. The summed E-state index contributed by atoms with van der Waals surface area (Å²) in [7, 11) is 0. The van der Waals surface area contributed by atoms with E-state index >= 15 is 0 Å². The molecule has 0 bridgehead atoms. The van der Waals surface area contributed by atoms with Crippen LogP contribution in [0.25, 0.3) is 10.8 Å². The molecule has 2 heterocycles. The molecule has 1 aliphatic rings. The van der Waals surface area contributed by atoms with Gasteiger partial charge in [-0.3, -0.25) is 9.78 Å². The zero-order chi connectivity index (χ0) is 14.2. The lowest BCUT2D eigenvalue weighted by Crippen LogP contribution is -2.05. The van der Waals surface area contributed by atoms with Gasteiger partial charge in [-0.05, 0) is 35.2 Å². The summed E-state index contributed by atoms with van der Waals surface area (Å²) < 4.78 is 5.48. The van der Waals surface area contributed by atoms with Gasteiger partial charge in [0.15, 0.2) is 0 Å². The molecule has 0 radical (unpaired) electrons. The van der Waals surface area contributed by atoms with Crippen molar-refractivity contribution in [3.05, 3.63) is 71.5 Å². The van der Waals surface area contributed by atoms with Gasteiger partial charge in [0, 0.05) is 23.6 Å². The average Bonchev–Trinajstić information content (AvgIpc) is 3.01. The SMILES string of the molecule is O=C(c1ccc2c(c1)CCO2)c1nccc2ccccc12. The Hall–Kier alpha value is -2.68. The Labute approximate surface area is 122 Å². The van der Waals surface area contributed by atoms with Gasteiger partial charge < -0.3 is 4.74 Å². The van der Waals surface area contributed by atoms with Gasteiger partial charge in [-0.15, -0.1) is 0 Å². The minimum atomic E-state index is -0.0403. The molecule has 0 saturated heterocycles. The van der Waals surface area contributed by atoms with Gasteiger partial charge in [-0.1, -0.05) is 24.3 Å². The summed E-state index contributed by atoms with van der Waals surface area (Å²) in [6, 6.07) is 15.4. The van der Waals surface area contributed by atoms with E-state index < -0.39 is 0 Å². The van der Waals surface area contributed by atoms with E-state index in [4.69, 9.17) is 4.74 Å². The molecule has 3 nitrogen and oxygen atoms in total. The summed E-state index contributed by atoms with van der Waals surface area (Å²) in [6.07, 6.45) is 2.55. The highest BCUT2D eigenvalue weighted by Crippen LogP contribution is 2.27. The Bertz CT molecular complexity index is 849. The first-order valence-electron chi connectivity index (χ1n) is 6.97. The Balaban J connectivity index is 1.83. The third-order valence-electron chi connectivity index (χ3n) is 3.84. The van der Waals surface area contributed by atoms with Crippen LogP contribution < -0.4 is 4.74 Å². The minimum Gasteiger partial charge on any atom is -0.493 e. The Kier molecular flexibility index (Phi) is 2.71. The third-order valence-corrected chi connectivity index (χ3v) is 3.84. The number of carbonyl (C=O) groups is 1. The predicted molar refractivity (Wildman–Crippen MR) is 80.8 cm³/mol. The number of hydrogen-bond acceptors (Lipinski definition) is 3. The van der Waals surface area contributed by atoms with E-state index in [0.29, 0.717) is 17.9 Å². The molecule has 0 unspecified atom stereocenters. The molecule has 0 aliphatic carbocycles. The summed E-state index contributed by atoms with van der Waals surface area (Å²) >= 11 is 0. The van der Waals surface area contributed by atoms with Crippen LogP contribution in [-0.2, 0) is 6.42 Å². The zero-order valence-corrected chi connectivity index (χ0v) is 11.4. The van der Waals surface area contributed by atoms with E-state index in [9.17, 15) is 4.79 Å². The first-order chi connectivity index (χ1) is 10.3. The fourth-order valence-corrected chi connectivity index (χ4v) is 2.77. The first kappa shape index (κ1) is 12.1. The van der Waals surface area contributed by atoms with Gasteiger partial charge >= 0.3 is 0 Å². The summed E-state index contributed by atoms with van der Waals surface area (Å²) in [4.78, 5) is 17.1. The maximum atomic E-state index is 12.8. The highest BCUT2D eigenvalue weighted by molar-refractivity contribution is 6.15. The Morgan fingerprint density at radius 2 is 2.00 bits per heavy atom. The third kappa shape index (κ3) is 1.98. The van der Waals surface area contributed by atoms with E-state index in [1.165, 1.54) is 0 Å². The predicted octanol–water partition coefficient (Wildman–Crippen LogP) is 3.40. The van der Waals surface area contributed by atoms with Crippen LogP contribution in [0.15, 0.2) is 54.7 Å². The molecule has 3 aromatic rings. The monoisotopic (exact) mass is 275 g/mol. The van der Waals surface area contributed by atoms with Crippen molar-refractivity contribution in [3.8, 4) is 5.75 Å². The van der Waals surface area contributed by atoms with Crippen LogP contribution in [0.3, 0.4) is 0 Å². The van der Waals surface area contributed by atoms with Crippen molar-refractivity contribution in [1.29, 1.82) is 0 Å². The molecule has 3 heteroatoms. The maximum Gasteiger partial charge on any atom is 0.211 e. The quantitative estimate of drug-likeness (QED) is 0.673. The molecule has 0 saturated carbocycles. The molecule has 0 amide bonds. The van der Waals surface area contributed by atoms with Crippen molar-refractivity contribution < 1.29 is 9.53 Å². The van der Waals surface area contributed by atoms with Crippen molar-refractivity contribution in [3.63, 3.8) is 0 Å². The van der Waals surface area contributed by atoms with Gasteiger partial charge in [0.25, 0.3) is 0 Å². The first-order valence-corrected chi connectivity index (χ1v) is 6.97. The normalized spacial score (nSPS) is 13.0. The molecule has 0 atom stereocenters. The molecular weight excluding hydrogens is 262 g/mol. The molecule has 4 rings (SSSR count). The topological polar surface area (TPSA) is 39.2 Å². The number of hydrogen-bond donors (Lipinski definition) is 0. The summed E-state index contributed by atoms with van der Waals surface area (Å²) in [6.45, 7) is 0.694. The molecule has 1 aliphatic heterocycles. The number of rotatable bonds is 2. The standard InChI is InChI=1S/C18H13NO2/c20-18(14-5-6-16-13(11-14)8-10-21-16)17-15-4-2-1-3-12(15)7-9-19-17/h1-7,9,11H,8,10H2. The molecule has 21 heavy (non-hydrogen) atoms. The summed E-state index contributed by atoms with van der Waals surface area (Å²) in [5.41, 5.74) is 2.27. The van der Waals surface area contributed by atoms with Gasteiger partial charge in [-0.2, -0.15) is 0 Å². The molecule has 0 spiro atoms. The van der Waals surface area contributed by atoms with Crippen LogP contribution >= 0.6 is 0 Å². The van der Waals surface area contributed by atoms with Crippen molar-refractivity contribution in [1.82, 2.24) is 4.98 Å². The van der Waals surface area contributed by atoms with Crippen molar-refractivity contribution in [2.24, 2.45) is 0 Å². The van der Waals surface area contributed by atoms with Gasteiger partial charge in [0.2, 0.25) is 5.78 Å². The summed E-state index contributed by atoms with van der Waals surface area (Å²) in [5, 5.41) is 1.92. The average molecular weight is 275 g/mol. The van der Waals surface area contributed by atoms with Gasteiger partial charge in [0.1, 0.15) is 11.4 Å². The smallest absolute Gasteiger partial charge is 0.211 e. The van der Waals surface area contributed by atoms with Crippen LogP contribution in [-0.4, -0.2) is 17.4 Å². The fourth-order valence-electron chi connectivity index (χ4n) is 2.77. The molecular formula is C18H13NO2. The van der Waals surface area contributed by atoms with E-state index in [1.54, 1.807) is 6.20 Å². The highest BCUT2D eigenvalue weighted by atomic mass is 16.5. The zero-order valence-electron chi connectivity index (χ0n) is 11.4. The van der Waals surface area contributed by atoms with Crippen LogP contribution in [0.2, 0.25) is 0 Å². The second-order valence-corrected chi connectivity index (χ2v) is 5.13. The Morgan fingerprint density at radius 3 is 2.95 bits per heavy atom. The number of carbonyl (C=O) groups excluding carboxylic acids is 1. The Morgan fingerprint density at radius 1 is 1.10 bits per heavy atom. The molecule has 1 aromatic heterocycles. The highest BCUT2D eigenvalue weighted by Gasteiger charge is 2.18. The number of nitrogens with zero attached hydrogens (tertiary/aromatic N) is 1. The van der Waals surface area contributed by atoms with Gasteiger partial charge in [0.05, 0.1) is 6.61 Å². The van der Waals surface area contributed by atoms with Crippen molar-refractivity contribution in [2.45, 2.75) is 6.42 Å². The van der Waals surface area contributed by atoms with Crippen molar-refractivity contribution >= 4 is 16.6 Å². The number of benzene rings is 2. The van der Waals surface area contributed by atoms with Crippen LogP contribution in [0, 0.1) is 0 Å². The lowest BCUT2D eigenvalue weighted by Gasteiger charge is -2.06. The minimum absolute atomic E-state index is 0.0403. The fraction of sp³-hybridized carbons (Fsp3) is 0.111. The number of ketones is 1. The molecule has 0 fully saturated rings. The number of fused-ring (bicyclic) bond motifs is 2. The van der Waals surface area contributed by atoms with Crippen LogP contribution in [0.4, 0.5) is 0 Å². The molecule has 102 valence electrons. The van der Waals surface area contributed by atoms with E-state index in [0.717, 1.165) is 28.5 Å². The molecule has 2 aromatic carbocycles. The second-order valence-electron chi connectivity index (χ2n) is 5.13. The molecule has 0 N–H and O–H groups in total.